The zero-order valence-electron chi connectivity index (χ0n) is 12.6. The summed E-state index contributed by atoms with van der Waals surface area (Å²) in [6, 6.07) is 0. The van der Waals surface area contributed by atoms with E-state index in [4.69, 9.17) is 0 Å². The van der Waals surface area contributed by atoms with Crippen molar-refractivity contribution < 1.29 is 49.0 Å². The molecule has 0 bridgehead atoms. The lowest BCUT2D eigenvalue weighted by molar-refractivity contribution is -0.412. The van der Waals surface area contributed by atoms with Gasteiger partial charge in [0.15, 0.2) is 0 Å². The Morgan fingerprint density at radius 2 is 1.21 bits per heavy atom. The summed E-state index contributed by atoms with van der Waals surface area (Å²) in [6.45, 7) is 3.39. The molecular formula is C13H15F9O2. The van der Waals surface area contributed by atoms with Gasteiger partial charge in [0.1, 0.15) is 6.10 Å². The van der Waals surface area contributed by atoms with E-state index in [1.165, 1.54) is 0 Å². The van der Waals surface area contributed by atoms with E-state index in [2.05, 4.69) is 4.74 Å². The predicted octanol–water partition coefficient (Wildman–Crippen LogP) is 5.03. The van der Waals surface area contributed by atoms with Crippen molar-refractivity contribution in [3.8, 4) is 0 Å². The second-order valence-corrected chi connectivity index (χ2v) is 6.04. The molecule has 3 atom stereocenters. The number of halogens is 9. The molecular weight excluding hydrogens is 359 g/mol. The fraction of sp³-hybridized carbons (Fsp3) is 0.923. The maximum absolute atomic E-state index is 12.8. The normalized spacial score (nSPS) is 27.0. The van der Waals surface area contributed by atoms with Crippen LogP contribution in [0.3, 0.4) is 0 Å². The molecule has 142 valence electrons. The standard InChI is InChI=1S/C13H15F9O2/c1-6-3-4-8(5-7(6)2)24-9(23)10(11(14,15)16,12(17,18)19)13(20,21)22/h6-8H,3-5H2,1-2H3. The summed E-state index contributed by atoms with van der Waals surface area (Å²) < 4.78 is 119. The fourth-order valence-electron chi connectivity index (χ4n) is 2.67. The molecule has 2 nitrogen and oxygen atoms in total. The van der Waals surface area contributed by atoms with Crippen molar-refractivity contribution >= 4 is 5.97 Å². The van der Waals surface area contributed by atoms with Crippen LogP contribution in [0.25, 0.3) is 0 Å². The van der Waals surface area contributed by atoms with E-state index in [1.54, 1.807) is 13.8 Å². The zero-order chi connectivity index (χ0) is 19.1. The lowest BCUT2D eigenvalue weighted by Gasteiger charge is -2.38. The van der Waals surface area contributed by atoms with Crippen LogP contribution < -0.4 is 0 Å². The molecule has 3 unspecified atom stereocenters. The van der Waals surface area contributed by atoms with Crippen molar-refractivity contribution in [2.45, 2.75) is 57.7 Å². The van der Waals surface area contributed by atoms with Crippen LogP contribution in [-0.4, -0.2) is 30.6 Å². The Kier molecular flexibility index (Phi) is 5.47. The molecule has 1 aliphatic rings. The highest BCUT2D eigenvalue weighted by molar-refractivity contribution is 5.80. The number of esters is 1. The Morgan fingerprint density at radius 3 is 1.54 bits per heavy atom. The first-order valence-corrected chi connectivity index (χ1v) is 6.97. The highest BCUT2D eigenvalue weighted by atomic mass is 19.4. The molecule has 0 radical (unpaired) electrons. The molecule has 0 aliphatic heterocycles. The lowest BCUT2D eigenvalue weighted by atomic mass is 9.80. The van der Waals surface area contributed by atoms with Gasteiger partial charge in [0.25, 0.3) is 0 Å². The summed E-state index contributed by atoms with van der Waals surface area (Å²) in [5, 5.41) is 0. The molecule has 0 N–H and O–H groups in total. The van der Waals surface area contributed by atoms with Gasteiger partial charge in [-0.25, -0.2) is 0 Å². The summed E-state index contributed by atoms with van der Waals surface area (Å²) in [7, 11) is 0. The topological polar surface area (TPSA) is 26.3 Å². The van der Waals surface area contributed by atoms with E-state index in [-0.39, 0.29) is 24.7 Å². The van der Waals surface area contributed by atoms with Crippen molar-refractivity contribution in [2.75, 3.05) is 0 Å². The largest absolute Gasteiger partial charge is 0.461 e. The zero-order valence-corrected chi connectivity index (χ0v) is 12.6. The first-order valence-electron chi connectivity index (χ1n) is 6.97. The van der Waals surface area contributed by atoms with E-state index < -0.39 is 36.0 Å². The summed E-state index contributed by atoms with van der Waals surface area (Å²) >= 11 is 0. The first kappa shape index (κ1) is 20.9. The molecule has 1 aliphatic carbocycles. The van der Waals surface area contributed by atoms with Crippen molar-refractivity contribution in [2.24, 2.45) is 17.3 Å². The van der Waals surface area contributed by atoms with Gasteiger partial charge in [0.05, 0.1) is 0 Å². The highest BCUT2D eigenvalue weighted by Gasteiger charge is 2.89. The summed E-state index contributed by atoms with van der Waals surface area (Å²) in [5.74, 6) is -3.52. The molecule has 0 aromatic heterocycles. The summed E-state index contributed by atoms with van der Waals surface area (Å²) in [6.07, 6.45) is -22.1. The molecule has 11 heteroatoms. The average Bonchev–Trinajstić information content (AvgIpc) is 2.28. The quantitative estimate of drug-likeness (QED) is 0.501. The van der Waals surface area contributed by atoms with Crippen LogP contribution in [0.4, 0.5) is 39.5 Å². The van der Waals surface area contributed by atoms with E-state index in [0.29, 0.717) is 6.42 Å². The second kappa shape index (κ2) is 6.29. The van der Waals surface area contributed by atoms with Gasteiger partial charge in [-0.15, -0.1) is 0 Å². The molecule has 0 spiro atoms. The number of carbonyl (C=O) groups excluding carboxylic acids is 1. The van der Waals surface area contributed by atoms with Crippen LogP contribution in [0, 0.1) is 17.3 Å². The van der Waals surface area contributed by atoms with E-state index in [0.717, 1.165) is 0 Å². The Morgan fingerprint density at radius 1 is 0.792 bits per heavy atom. The second-order valence-electron chi connectivity index (χ2n) is 6.04. The van der Waals surface area contributed by atoms with Gasteiger partial charge in [0.2, 0.25) is 0 Å². The number of ether oxygens (including phenoxy) is 1. The third-order valence-corrected chi connectivity index (χ3v) is 4.41. The van der Waals surface area contributed by atoms with E-state index >= 15 is 0 Å². The lowest BCUT2D eigenvalue weighted by Crippen LogP contribution is -2.65. The Hall–Kier alpha value is -1.16. The Bertz CT molecular complexity index is 427. The molecule has 1 saturated carbocycles. The van der Waals surface area contributed by atoms with Crippen LogP contribution in [0.15, 0.2) is 0 Å². The van der Waals surface area contributed by atoms with Crippen LogP contribution >= 0.6 is 0 Å². The van der Waals surface area contributed by atoms with Gasteiger partial charge < -0.3 is 4.74 Å². The minimum absolute atomic E-state index is 0.0672. The molecule has 0 aromatic carbocycles. The number of hydrogen-bond acceptors (Lipinski definition) is 2. The number of hydrogen-bond donors (Lipinski definition) is 0. The smallest absolute Gasteiger partial charge is 0.422 e. The third-order valence-electron chi connectivity index (χ3n) is 4.41. The maximum atomic E-state index is 12.8. The molecule has 0 amide bonds. The highest BCUT2D eigenvalue weighted by Crippen LogP contribution is 2.60. The Balaban J connectivity index is 3.23. The van der Waals surface area contributed by atoms with E-state index in [1.807, 2.05) is 0 Å². The maximum Gasteiger partial charge on any atom is 0.422 e. The van der Waals surface area contributed by atoms with Crippen molar-refractivity contribution in [3.05, 3.63) is 0 Å². The van der Waals surface area contributed by atoms with Gasteiger partial charge in [-0.3, -0.25) is 4.79 Å². The average molecular weight is 374 g/mol. The molecule has 24 heavy (non-hydrogen) atoms. The van der Waals surface area contributed by atoms with Gasteiger partial charge >= 0.3 is 29.9 Å². The summed E-state index contributed by atoms with van der Waals surface area (Å²) in [5.41, 5.74) is -6.56. The van der Waals surface area contributed by atoms with Gasteiger partial charge in [-0.1, -0.05) is 13.8 Å². The minimum atomic E-state index is -6.94. The number of rotatable bonds is 2. The van der Waals surface area contributed by atoms with Crippen LogP contribution in [-0.2, 0) is 9.53 Å². The monoisotopic (exact) mass is 374 g/mol. The van der Waals surface area contributed by atoms with Crippen molar-refractivity contribution in [1.82, 2.24) is 0 Å². The van der Waals surface area contributed by atoms with Crippen LogP contribution in [0.5, 0.6) is 0 Å². The number of alkyl halides is 9. The molecule has 1 rings (SSSR count). The Labute approximate surface area is 131 Å². The van der Waals surface area contributed by atoms with Crippen molar-refractivity contribution in [3.63, 3.8) is 0 Å². The SMILES string of the molecule is CC1CCC(OC(=O)C(C(F)(F)F)(C(F)(F)F)C(F)(F)F)CC1C. The fourth-order valence-corrected chi connectivity index (χ4v) is 2.67. The first-order chi connectivity index (χ1) is 10.6. The molecule has 0 heterocycles. The van der Waals surface area contributed by atoms with E-state index in [9.17, 15) is 44.3 Å². The predicted molar refractivity (Wildman–Crippen MR) is 62.7 cm³/mol. The van der Waals surface area contributed by atoms with Crippen LogP contribution in [0.2, 0.25) is 0 Å². The van der Waals surface area contributed by atoms with Gasteiger partial charge in [0, 0.05) is 0 Å². The number of carbonyl (C=O) groups is 1. The molecule has 0 saturated heterocycles. The third kappa shape index (κ3) is 3.44. The summed E-state index contributed by atoms with van der Waals surface area (Å²) in [4.78, 5) is 11.5. The molecule has 0 aromatic rings. The van der Waals surface area contributed by atoms with Gasteiger partial charge in [-0.2, -0.15) is 39.5 Å². The van der Waals surface area contributed by atoms with Crippen LogP contribution in [0.1, 0.15) is 33.1 Å². The van der Waals surface area contributed by atoms with Gasteiger partial charge in [-0.05, 0) is 31.1 Å². The van der Waals surface area contributed by atoms with Crippen molar-refractivity contribution in [1.29, 1.82) is 0 Å². The minimum Gasteiger partial charge on any atom is -0.461 e. The molecule has 1 fully saturated rings.